The molecule has 0 aliphatic carbocycles. The van der Waals surface area contributed by atoms with E-state index >= 15 is 0 Å². The number of aliphatic hydroxyl groups excluding tert-OH is 1. The first kappa shape index (κ1) is 14.8. The molecule has 2 unspecified atom stereocenters. The van der Waals surface area contributed by atoms with Gasteiger partial charge in [-0.2, -0.15) is 0 Å². The minimum Gasteiger partial charge on any atom is -0.387 e. The van der Waals surface area contributed by atoms with E-state index in [-0.39, 0.29) is 12.2 Å². The molecule has 1 aliphatic rings. The number of amides is 1. The number of carbonyl (C=O) groups is 1. The first-order valence-electron chi connectivity index (χ1n) is 6.99. The largest absolute Gasteiger partial charge is 0.387 e. The number of aliphatic hydroxyl groups is 1. The first-order chi connectivity index (χ1) is 9.56. The normalized spacial score (nSPS) is 26.1. The molecular weight excluding hydrogens is 256 g/mol. The second-order valence-corrected chi connectivity index (χ2v) is 5.36. The topological polar surface area (TPSA) is 70.6 Å². The zero-order chi connectivity index (χ0) is 14.5. The van der Waals surface area contributed by atoms with E-state index in [0.717, 1.165) is 18.5 Å². The van der Waals surface area contributed by atoms with Crippen LogP contribution in [0.1, 0.15) is 26.7 Å². The molecule has 20 heavy (non-hydrogen) atoms. The summed E-state index contributed by atoms with van der Waals surface area (Å²) in [5, 5.41) is 14.9. The van der Waals surface area contributed by atoms with Crippen LogP contribution in [-0.2, 0) is 9.53 Å². The lowest BCUT2D eigenvalue weighted by atomic mass is 9.99. The first-order valence-corrected chi connectivity index (χ1v) is 6.99. The summed E-state index contributed by atoms with van der Waals surface area (Å²) < 4.78 is 5.72. The molecule has 3 N–H and O–H groups in total. The molecule has 0 bridgehead atoms. The number of hydrogen-bond acceptors (Lipinski definition) is 4. The van der Waals surface area contributed by atoms with Crippen LogP contribution in [0.2, 0.25) is 0 Å². The quantitative estimate of drug-likeness (QED) is 0.787. The van der Waals surface area contributed by atoms with Crippen LogP contribution < -0.4 is 10.6 Å². The van der Waals surface area contributed by atoms with Crippen LogP contribution in [-0.4, -0.2) is 35.9 Å². The zero-order valence-corrected chi connectivity index (χ0v) is 11.9. The van der Waals surface area contributed by atoms with Crippen molar-refractivity contribution in [2.75, 3.05) is 17.2 Å². The fourth-order valence-electron chi connectivity index (χ4n) is 2.65. The fourth-order valence-corrected chi connectivity index (χ4v) is 2.65. The molecule has 0 radical (unpaired) electrons. The van der Waals surface area contributed by atoms with E-state index in [1.165, 1.54) is 0 Å². The molecule has 0 aromatic heterocycles. The molecular formula is C15H22N2O3. The van der Waals surface area contributed by atoms with Gasteiger partial charge in [-0.25, -0.2) is 0 Å². The van der Waals surface area contributed by atoms with Gasteiger partial charge in [-0.15, -0.1) is 0 Å². The number of benzene rings is 1. The Bertz CT molecular complexity index is 454. The predicted molar refractivity (Wildman–Crippen MR) is 78.8 cm³/mol. The third kappa shape index (κ3) is 4.21. The van der Waals surface area contributed by atoms with E-state index in [2.05, 4.69) is 24.5 Å². The van der Waals surface area contributed by atoms with Gasteiger partial charge in [0.2, 0.25) is 5.91 Å². The van der Waals surface area contributed by atoms with Gasteiger partial charge in [-0.05, 0) is 44.9 Å². The summed E-state index contributed by atoms with van der Waals surface area (Å²) in [7, 11) is 0. The highest BCUT2D eigenvalue weighted by molar-refractivity contribution is 5.91. The average molecular weight is 278 g/mol. The van der Waals surface area contributed by atoms with Crippen molar-refractivity contribution in [3.8, 4) is 0 Å². The van der Waals surface area contributed by atoms with E-state index in [4.69, 9.17) is 9.84 Å². The number of carbonyl (C=O) groups excluding carboxylic acids is 1. The molecule has 1 fully saturated rings. The Morgan fingerprint density at radius 1 is 1.30 bits per heavy atom. The Balaban J connectivity index is 1.98. The lowest BCUT2D eigenvalue weighted by molar-refractivity contribution is -0.118. The standard InChI is InChI=1S/C15H22N2O3/c1-10-6-14(7-11(2)20-10)16-12-4-3-5-13(8-12)17-15(19)9-18/h3-5,8,10-11,14,16,18H,6-7,9H2,1-2H3,(H,17,19). The maximum atomic E-state index is 11.2. The molecule has 2 atom stereocenters. The fraction of sp³-hybridized carbons (Fsp3) is 0.533. The molecule has 1 aliphatic heterocycles. The average Bonchev–Trinajstić information content (AvgIpc) is 2.37. The number of hydrogen-bond donors (Lipinski definition) is 3. The van der Waals surface area contributed by atoms with E-state index in [1.54, 1.807) is 6.07 Å². The molecule has 1 saturated heterocycles. The Hall–Kier alpha value is -1.59. The molecule has 1 aromatic rings. The third-order valence-corrected chi connectivity index (χ3v) is 3.36. The zero-order valence-electron chi connectivity index (χ0n) is 11.9. The second-order valence-electron chi connectivity index (χ2n) is 5.36. The van der Waals surface area contributed by atoms with E-state index in [9.17, 15) is 4.79 Å². The minimum atomic E-state index is -0.507. The molecule has 1 heterocycles. The van der Waals surface area contributed by atoms with Crippen LogP contribution >= 0.6 is 0 Å². The summed E-state index contributed by atoms with van der Waals surface area (Å²) >= 11 is 0. The van der Waals surface area contributed by atoms with E-state index < -0.39 is 12.5 Å². The van der Waals surface area contributed by atoms with Gasteiger partial charge in [-0.1, -0.05) is 6.07 Å². The molecule has 5 heteroatoms. The summed E-state index contributed by atoms with van der Waals surface area (Å²) in [5.41, 5.74) is 1.65. The monoisotopic (exact) mass is 278 g/mol. The van der Waals surface area contributed by atoms with Crippen molar-refractivity contribution in [1.29, 1.82) is 0 Å². The highest BCUT2D eigenvalue weighted by Crippen LogP contribution is 2.24. The molecule has 110 valence electrons. The highest BCUT2D eigenvalue weighted by atomic mass is 16.5. The van der Waals surface area contributed by atoms with Crippen LogP contribution in [0.4, 0.5) is 11.4 Å². The number of ether oxygens (including phenoxy) is 1. The van der Waals surface area contributed by atoms with Gasteiger partial charge < -0.3 is 20.5 Å². The van der Waals surface area contributed by atoms with Crippen LogP contribution in [0.3, 0.4) is 0 Å². The Kier molecular flexibility index (Phi) is 4.98. The van der Waals surface area contributed by atoms with Crippen LogP contribution in [0.15, 0.2) is 24.3 Å². The van der Waals surface area contributed by atoms with Crippen molar-refractivity contribution in [1.82, 2.24) is 0 Å². The molecule has 0 spiro atoms. The molecule has 2 rings (SSSR count). The van der Waals surface area contributed by atoms with Crippen LogP contribution in [0.25, 0.3) is 0 Å². The summed E-state index contributed by atoms with van der Waals surface area (Å²) in [6.07, 6.45) is 2.46. The summed E-state index contributed by atoms with van der Waals surface area (Å²) in [4.78, 5) is 11.2. The van der Waals surface area contributed by atoms with Gasteiger partial charge in [0, 0.05) is 17.4 Å². The SMILES string of the molecule is CC1CC(Nc2cccc(NC(=O)CO)c2)CC(C)O1. The van der Waals surface area contributed by atoms with Crippen molar-refractivity contribution >= 4 is 17.3 Å². The lowest BCUT2D eigenvalue weighted by Crippen LogP contribution is -2.36. The summed E-state index contributed by atoms with van der Waals surface area (Å²) in [6.45, 7) is 3.66. The van der Waals surface area contributed by atoms with Gasteiger partial charge in [0.05, 0.1) is 12.2 Å². The van der Waals surface area contributed by atoms with Crippen LogP contribution in [0, 0.1) is 0 Å². The Morgan fingerprint density at radius 2 is 1.95 bits per heavy atom. The third-order valence-electron chi connectivity index (χ3n) is 3.36. The maximum absolute atomic E-state index is 11.2. The molecule has 1 amide bonds. The van der Waals surface area contributed by atoms with Gasteiger partial charge in [0.15, 0.2) is 0 Å². The number of anilines is 2. The highest BCUT2D eigenvalue weighted by Gasteiger charge is 2.24. The maximum Gasteiger partial charge on any atom is 0.250 e. The molecule has 5 nitrogen and oxygen atoms in total. The predicted octanol–water partition coefficient (Wildman–Crippen LogP) is 1.99. The van der Waals surface area contributed by atoms with Crippen LogP contribution in [0.5, 0.6) is 0 Å². The smallest absolute Gasteiger partial charge is 0.250 e. The van der Waals surface area contributed by atoms with Crippen molar-refractivity contribution in [3.05, 3.63) is 24.3 Å². The minimum absolute atomic E-state index is 0.258. The van der Waals surface area contributed by atoms with E-state index in [1.807, 2.05) is 18.2 Å². The molecule has 1 aromatic carbocycles. The van der Waals surface area contributed by atoms with Gasteiger partial charge >= 0.3 is 0 Å². The van der Waals surface area contributed by atoms with Crippen molar-refractivity contribution < 1.29 is 14.6 Å². The number of rotatable bonds is 4. The Labute approximate surface area is 119 Å². The van der Waals surface area contributed by atoms with Gasteiger partial charge in [0.1, 0.15) is 6.61 Å². The van der Waals surface area contributed by atoms with Crippen molar-refractivity contribution in [2.45, 2.75) is 44.9 Å². The van der Waals surface area contributed by atoms with Crippen molar-refractivity contribution in [2.24, 2.45) is 0 Å². The van der Waals surface area contributed by atoms with Gasteiger partial charge in [-0.3, -0.25) is 4.79 Å². The second kappa shape index (κ2) is 6.72. The lowest BCUT2D eigenvalue weighted by Gasteiger charge is -2.33. The summed E-state index contributed by atoms with van der Waals surface area (Å²) in [6, 6.07) is 7.89. The number of nitrogens with one attached hydrogen (secondary N) is 2. The molecule has 0 saturated carbocycles. The van der Waals surface area contributed by atoms with Crippen molar-refractivity contribution in [3.63, 3.8) is 0 Å². The van der Waals surface area contributed by atoms with E-state index in [0.29, 0.717) is 11.7 Å². The Morgan fingerprint density at radius 3 is 2.60 bits per heavy atom. The van der Waals surface area contributed by atoms with Gasteiger partial charge in [0.25, 0.3) is 0 Å². The summed E-state index contributed by atoms with van der Waals surface area (Å²) in [5.74, 6) is -0.407.